The highest BCUT2D eigenvalue weighted by Crippen LogP contribution is 2.39. The molecule has 1 heterocycles. The minimum Gasteiger partial charge on any atom is -0.292 e. The van der Waals surface area contributed by atoms with Gasteiger partial charge >= 0.3 is 0 Å². The van der Waals surface area contributed by atoms with Crippen LogP contribution in [0.5, 0.6) is 0 Å². The van der Waals surface area contributed by atoms with Gasteiger partial charge in [-0.15, -0.1) is 0 Å². The van der Waals surface area contributed by atoms with Gasteiger partial charge in [-0.1, -0.05) is 103 Å². The molecule has 170 valence electrons. The number of aromatic nitrogens is 2. The molecule has 0 bridgehead atoms. The number of nitrogens with zero attached hydrogens (tertiary/aromatic N) is 2. The molecule has 0 saturated carbocycles. The van der Waals surface area contributed by atoms with E-state index in [0.29, 0.717) is 0 Å². The molecule has 0 aliphatic carbocycles. The van der Waals surface area contributed by atoms with Crippen molar-refractivity contribution in [2.75, 3.05) is 0 Å². The van der Waals surface area contributed by atoms with E-state index in [1.165, 1.54) is 38.2 Å². The van der Waals surface area contributed by atoms with E-state index >= 15 is 0 Å². The number of benzene rings is 6. The molecule has 0 unspecified atom stereocenters. The van der Waals surface area contributed by atoms with Crippen molar-refractivity contribution in [3.05, 3.63) is 133 Å². The minimum atomic E-state index is 0.954. The van der Waals surface area contributed by atoms with Gasteiger partial charge in [-0.25, -0.2) is 4.98 Å². The average Bonchev–Trinajstić information content (AvgIpc) is 3.34. The van der Waals surface area contributed by atoms with Gasteiger partial charge in [-0.2, -0.15) is 0 Å². The van der Waals surface area contributed by atoms with Gasteiger partial charge in [0.2, 0.25) is 0 Å². The predicted octanol–water partition coefficient (Wildman–Crippen LogP) is 8.97. The summed E-state index contributed by atoms with van der Waals surface area (Å²) in [6, 6.07) is 45.2. The fraction of sp³-hybridized carbons (Fsp3) is 0.0294. The molecule has 7 rings (SSSR count). The van der Waals surface area contributed by atoms with Gasteiger partial charge in [0.25, 0.3) is 0 Å². The molecule has 7 aromatic rings. The Morgan fingerprint density at radius 1 is 0.500 bits per heavy atom. The fourth-order valence-corrected chi connectivity index (χ4v) is 5.50. The van der Waals surface area contributed by atoms with Crippen molar-refractivity contribution in [3.8, 4) is 28.2 Å². The normalized spacial score (nSPS) is 11.5. The van der Waals surface area contributed by atoms with Gasteiger partial charge in [0.1, 0.15) is 5.82 Å². The summed E-state index contributed by atoms with van der Waals surface area (Å²) in [6.07, 6.45) is 0. The Hall–Kier alpha value is -4.69. The number of aryl methyl sites for hydroxylation is 1. The maximum Gasteiger partial charge on any atom is 0.145 e. The molecule has 2 heteroatoms. The lowest BCUT2D eigenvalue weighted by Crippen LogP contribution is -1.97. The van der Waals surface area contributed by atoms with E-state index in [2.05, 4.69) is 127 Å². The van der Waals surface area contributed by atoms with Crippen molar-refractivity contribution < 1.29 is 0 Å². The molecule has 0 N–H and O–H groups in total. The predicted molar refractivity (Wildman–Crippen MR) is 152 cm³/mol. The quantitative estimate of drug-likeness (QED) is 0.241. The molecule has 1 aromatic heterocycles. The second kappa shape index (κ2) is 8.21. The summed E-state index contributed by atoms with van der Waals surface area (Å²) >= 11 is 0. The molecule has 6 aromatic carbocycles. The molecule has 2 nitrogen and oxygen atoms in total. The Morgan fingerprint density at radius 2 is 1.06 bits per heavy atom. The average molecular weight is 461 g/mol. The van der Waals surface area contributed by atoms with Gasteiger partial charge in [0.05, 0.1) is 11.0 Å². The van der Waals surface area contributed by atoms with E-state index in [0.717, 1.165) is 28.1 Å². The van der Waals surface area contributed by atoms with Gasteiger partial charge < -0.3 is 0 Å². The molecule has 0 spiro atoms. The maximum atomic E-state index is 4.99. The van der Waals surface area contributed by atoms with Crippen LogP contribution in [0.1, 0.15) is 5.56 Å². The van der Waals surface area contributed by atoms with Gasteiger partial charge in [-0.3, -0.25) is 4.57 Å². The topological polar surface area (TPSA) is 17.8 Å². The first-order valence-electron chi connectivity index (χ1n) is 12.3. The van der Waals surface area contributed by atoms with Crippen LogP contribution >= 0.6 is 0 Å². The standard InChI is InChI=1S/C34H24N2/c1-23-27-13-5-7-15-29(27)33(30-16-8-6-14-28(23)30)24-19-21-26(22-20-24)36-32-18-10-9-17-31(32)35-34(36)25-11-3-2-4-12-25/h2-22H,1H3. The van der Waals surface area contributed by atoms with Gasteiger partial charge in [-0.05, 0) is 69.4 Å². The number of para-hydroxylation sites is 2. The van der Waals surface area contributed by atoms with E-state index in [9.17, 15) is 0 Å². The fourth-order valence-electron chi connectivity index (χ4n) is 5.50. The van der Waals surface area contributed by atoms with Crippen LogP contribution < -0.4 is 0 Å². The summed E-state index contributed by atoms with van der Waals surface area (Å²) in [5.41, 5.74) is 8.15. The van der Waals surface area contributed by atoms with Crippen LogP contribution in [0.25, 0.3) is 60.8 Å². The lowest BCUT2D eigenvalue weighted by Gasteiger charge is -2.16. The first-order chi connectivity index (χ1) is 17.8. The summed E-state index contributed by atoms with van der Waals surface area (Å²) in [4.78, 5) is 4.99. The zero-order valence-corrected chi connectivity index (χ0v) is 20.0. The van der Waals surface area contributed by atoms with E-state index in [4.69, 9.17) is 4.98 Å². The number of imidazole rings is 1. The molecular formula is C34H24N2. The number of fused-ring (bicyclic) bond motifs is 3. The monoisotopic (exact) mass is 460 g/mol. The lowest BCUT2D eigenvalue weighted by atomic mass is 9.89. The molecule has 0 aliphatic rings. The second-order valence-corrected chi connectivity index (χ2v) is 9.26. The van der Waals surface area contributed by atoms with Crippen molar-refractivity contribution in [3.63, 3.8) is 0 Å². The smallest absolute Gasteiger partial charge is 0.145 e. The van der Waals surface area contributed by atoms with Crippen LogP contribution in [-0.4, -0.2) is 9.55 Å². The third-order valence-electron chi connectivity index (χ3n) is 7.21. The van der Waals surface area contributed by atoms with Crippen molar-refractivity contribution in [1.82, 2.24) is 9.55 Å². The maximum absolute atomic E-state index is 4.99. The highest BCUT2D eigenvalue weighted by Gasteiger charge is 2.16. The summed E-state index contributed by atoms with van der Waals surface area (Å²) in [5, 5.41) is 5.20. The molecule has 0 aliphatic heterocycles. The zero-order valence-electron chi connectivity index (χ0n) is 20.0. The van der Waals surface area contributed by atoms with Crippen LogP contribution in [-0.2, 0) is 0 Å². The minimum absolute atomic E-state index is 0.954. The van der Waals surface area contributed by atoms with Crippen LogP contribution in [0, 0.1) is 6.92 Å². The number of rotatable bonds is 3. The third-order valence-corrected chi connectivity index (χ3v) is 7.21. The zero-order chi connectivity index (χ0) is 24.1. The van der Waals surface area contributed by atoms with E-state index in [-0.39, 0.29) is 0 Å². The highest BCUT2D eigenvalue weighted by molar-refractivity contribution is 6.14. The van der Waals surface area contributed by atoms with E-state index < -0.39 is 0 Å². The number of hydrogen-bond acceptors (Lipinski definition) is 1. The SMILES string of the molecule is Cc1c2ccccc2c(-c2ccc(-n3c(-c4ccccc4)nc4ccccc43)cc2)c2ccccc12. The molecule has 0 fully saturated rings. The van der Waals surface area contributed by atoms with Gasteiger partial charge in [0, 0.05) is 11.3 Å². The summed E-state index contributed by atoms with van der Waals surface area (Å²) in [5.74, 6) is 0.954. The van der Waals surface area contributed by atoms with E-state index in [1.54, 1.807) is 0 Å². The largest absolute Gasteiger partial charge is 0.292 e. The molecule has 0 amide bonds. The summed E-state index contributed by atoms with van der Waals surface area (Å²) < 4.78 is 2.26. The molecular weight excluding hydrogens is 436 g/mol. The third kappa shape index (κ3) is 3.15. The number of hydrogen-bond donors (Lipinski definition) is 0. The molecule has 0 atom stereocenters. The van der Waals surface area contributed by atoms with E-state index in [1.807, 2.05) is 12.1 Å². The first kappa shape index (κ1) is 20.7. The second-order valence-electron chi connectivity index (χ2n) is 9.26. The Bertz CT molecular complexity index is 1820. The molecule has 0 saturated heterocycles. The lowest BCUT2D eigenvalue weighted by molar-refractivity contribution is 1.10. The van der Waals surface area contributed by atoms with Crippen molar-refractivity contribution >= 4 is 32.6 Å². The van der Waals surface area contributed by atoms with Crippen molar-refractivity contribution in [2.24, 2.45) is 0 Å². The Balaban J connectivity index is 1.45. The Labute approximate surface area is 210 Å². The molecule has 36 heavy (non-hydrogen) atoms. The van der Waals surface area contributed by atoms with Crippen LogP contribution in [0.15, 0.2) is 127 Å². The van der Waals surface area contributed by atoms with Gasteiger partial charge in [0.15, 0.2) is 0 Å². The first-order valence-corrected chi connectivity index (χ1v) is 12.3. The van der Waals surface area contributed by atoms with Crippen LogP contribution in [0.4, 0.5) is 0 Å². The summed E-state index contributed by atoms with van der Waals surface area (Å²) in [6.45, 7) is 2.23. The highest BCUT2D eigenvalue weighted by atomic mass is 15.1. The molecule has 0 radical (unpaired) electrons. The Kier molecular flexibility index (Phi) is 4.71. The Morgan fingerprint density at radius 3 is 1.72 bits per heavy atom. The van der Waals surface area contributed by atoms with Crippen molar-refractivity contribution in [2.45, 2.75) is 6.92 Å². The summed E-state index contributed by atoms with van der Waals surface area (Å²) in [7, 11) is 0. The van der Waals surface area contributed by atoms with Crippen LogP contribution in [0.2, 0.25) is 0 Å². The van der Waals surface area contributed by atoms with Crippen LogP contribution in [0.3, 0.4) is 0 Å². The van der Waals surface area contributed by atoms with Crippen molar-refractivity contribution in [1.29, 1.82) is 0 Å².